The minimum absolute atomic E-state index is 0.0110. The number of nitrogens with zero attached hydrogens (tertiary/aromatic N) is 1. The number of benzene rings is 1. The van der Waals surface area contributed by atoms with Crippen molar-refractivity contribution in [1.82, 2.24) is 4.98 Å². The zero-order valence-electron chi connectivity index (χ0n) is 9.82. The van der Waals surface area contributed by atoms with E-state index in [0.717, 1.165) is 11.1 Å². The number of thiazole rings is 1. The average molecular weight is 300 g/mol. The van der Waals surface area contributed by atoms with E-state index in [9.17, 15) is 9.18 Å². The first-order valence-electron chi connectivity index (χ1n) is 5.51. The maximum Gasteiger partial charge on any atom is 0.275 e. The quantitative estimate of drug-likeness (QED) is 0.912. The third kappa shape index (κ3) is 3.50. The first-order valence-corrected chi connectivity index (χ1v) is 6.77. The summed E-state index contributed by atoms with van der Waals surface area (Å²) in [5.74, 6) is -0.970. The summed E-state index contributed by atoms with van der Waals surface area (Å²) in [4.78, 5) is 16.0. The highest BCUT2D eigenvalue weighted by Gasteiger charge is 2.11. The van der Waals surface area contributed by atoms with Crippen LogP contribution in [0.3, 0.4) is 0 Å². The summed E-state index contributed by atoms with van der Waals surface area (Å²) in [7, 11) is 0. The van der Waals surface area contributed by atoms with Crippen molar-refractivity contribution < 1.29 is 9.18 Å². The molecule has 0 aliphatic heterocycles. The Morgan fingerprint density at radius 3 is 3.00 bits per heavy atom. The van der Waals surface area contributed by atoms with Crippen LogP contribution in [0.4, 0.5) is 10.1 Å². The van der Waals surface area contributed by atoms with Gasteiger partial charge in [0.2, 0.25) is 0 Å². The van der Waals surface area contributed by atoms with Crippen LogP contribution in [0, 0.1) is 5.82 Å². The van der Waals surface area contributed by atoms with Crippen LogP contribution in [0.15, 0.2) is 23.6 Å². The number of hydrogen-bond acceptors (Lipinski definition) is 4. The van der Waals surface area contributed by atoms with Gasteiger partial charge in [-0.1, -0.05) is 11.6 Å². The van der Waals surface area contributed by atoms with Gasteiger partial charge in [-0.25, -0.2) is 9.37 Å². The number of rotatable bonds is 4. The van der Waals surface area contributed by atoms with E-state index in [1.54, 1.807) is 5.38 Å². The maximum absolute atomic E-state index is 13.2. The Kier molecular flexibility index (Phi) is 4.47. The molecule has 2 rings (SSSR count). The van der Waals surface area contributed by atoms with Crippen molar-refractivity contribution in [3.8, 4) is 0 Å². The van der Waals surface area contributed by atoms with Gasteiger partial charge in [-0.15, -0.1) is 11.3 Å². The van der Waals surface area contributed by atoms with Crippen LogP contribution < -0.4 is 11.1 Å². The van der Waals surface area contributed by atoms with E-state index in [0.29, 0.717) is 24.3 Å². The standard InChI is InChI=1S/C12H11ClFN3OS/c13-8-2-1-7(5-9(8)14)16-12(18)10-6-19-11(17-10)3-4-15/h1-2,5-6H,3-4,15H2,(H,16,18). The molecule has 0 aliphatic carbocycles. The fourth-order valence-corrected chi connectivity index (χ4v) is 2.33. The van der Waals surface area contributed by atoms with Gasteiger partial charge in [0.1, 0.15) is 11.5 Å². The van der Waals surface area contributed by atoms with E-state index in [1.807, 2.05) is 0 Å². The van der Waals surface area contributed by atoms with Gasteiger partial charge in [0.15, 0.2) is 0 Å². The Labute approximate surface area is 118 Å². The van der Waals surface area contributed by atoms with Crippen LogP contribution in [0.25, 0.3) is 0 Å². The van der Waals surface area contributed by atoms with Crippen LogP contribution in [0.2, 0.25) is 5.02 Å². The predicted molar refractivity (Wildman–Crippen MR) is 74.2 cm³/mol. The van der Waals surface area contributed by atoms with Gasteiger partial charge in [-0.2, -0.15) is 0 Å². The molecule has 2 aromatic rings. The molecule has 100 valence electrons. The number of nitrogens with two attached hydrogens (primary N) is 1. The summed E-state index contributed by atoms with van der Waals surface area (Å²) in [5, 5.41) is 5.01. The molecule has 0 aliphatic rings. The monoisotopic (exact) mass is 299 g/mol. The predicted octanol–water partition coefficient (Wildman–Crippen LogP) is 2.69. The zero-order valence-corrected chi connectivity index (χ0v) is 11.4. The minimum Gasteiger partial charge on any atom is -0.330 e. The highest BCUT2D eigenvalue weighted by atomic mass is 35.5. The van der Waals surface area contributed by atoms with Crippen molar-refractivity contribution in [2.75, 3.05) is 11.9 Å². The van der Waals surface area contributed by atoms with E-state index < -0.39 is 5.82 Å². The highest BCUT2D eigenvalue weighted by Crippen LogP contribution is 2.19. The Bertz CT molecular complexity index is 602. The second kappa shape index (κ2) is 6.10. The Morgan fingerprint density at radius 2 is 2.32 bits per heavy atom. The third-order valence-corrected chi connectivity index (χ3v) is 3.54. The smallest absolute Gasteiger partial charge is 0.275 e. The van der Waals surface area contributed by atoms with Crippen LogP contribution in [-0.4, -0.2) is 17.4 Å². The molecule has 0 atom stereocenters. The fraction of sp³-hybridized carbons (Fsp3) is 0.167. The second-order valence-electron chi connectivity index (χ2n) is 3.75. The number of aromatic nitrogens is 1. The summed E-state index contributed by atoms with van der Waals surface area (Å²) >= 11 is 6.93. The molecule has 1 aromatic carbocycles. The molecule has 0 radical (unpaired) electrons. The van der Waals surface area contributed by atoms with E-state index >= 15 is 0 Å². The molecule has 1 amide bonds. The van der Waals surface area contributed by atoms with Crippen LogP contribution in [0.1, 0.15) is 15.5 Å². The van der Waals surface area contributed by atoms with Crippen LogP contribution >= 0.6 is 22.9 Å². The highest BCUT2D eigenvalue weighted by molar-refractivity contribution is 7.09. The van der Waals surface area contributed by atoms with Crippen molar-refractivity contribution >= 4 is 34.5 Å². The van der Waals surface area contributed by atoms with E-state index in [1.165, 1.54) is 23.5 Å². The lowest BCUT2D eigenvalue weighted by atomic mass is 10.3. The molecule has 0 saturated heterocycles. The van der Waals surface area contributed by atoms with Gasteiger partial charge < -0.3 is 11.1 Å². The molecule has 19 heavy (non-hydrogen) atoms. The van der Waals surface area contributed by atoms with Gasteiger partial charge in [-0.3, -0.25) is 4.79 Å². The van der Waals surface area contributed by atoms with Crippen molar-refractivity contribution in [1.29, 1.82) is 0 Å². The first-order chi connectivity index (χ1) is 9.10. The van der Waals surface area contributed by atoms with Crippen molar-refractivity contribution in [3.05, 3.63) is 45.1 Å². The number of carbonyl (C=O) groups is 1. The van der Waals surface area contributed by atoms with Crippen LogP contribution in [0.5, 0.6) is 0 Å². The van der Waals surface area contributed by atoms with Crippen molar-refractivity contribution in [2.45, 2.75) is 6.42 Å². The summed E-state index contributed by atoms with van der Waals surface area (Å²) in [5.41, 5.74) is 6.04. The SMILES string of the molecule is NCCc1nc(C(=O)Nc2ccc(Cl)c(F)c2)cs1. The molecule has 0 spiro atoms. The van der Waals surface area contributed by atoms with Gasteiger partial charge in [-0.05, 0) is 24.7 Å². The topological polar surface area (TPSA) is 68.0 Å². The molecular weight excluding hydrogens is 289 g/mol. The Balaban J connectivity index is 2.09. The number of hydrogen-bond donors (Lipinski definition) is 2. The Hall–Kier alpha value is -1.50. The van der Waals surface area contributed by atoms with E-state index in [4.69, 9.17) is 17.3 Å². The minimum atomic E-state index is -0.582. The largest absolute Gasteiger partial charge is 0.330 e. The van der Waals surface area contributed by atoms with E-state index in [2.05, 4.69) is 10.3 Å². The molecule has 0 unspecified atom stereocenters. The third-order valence-electron chi connectivity index (χ3n) is 2.32. The molecule has 0 fully saturated rings. The van der Waals surface area contributed by atoms with Gasteiger partial charge in [0.05, 0.1) is 10.0 Å². The van der Waals surface area contributed by atoms with Gasteiger partial charge in [0.25, 0.3) is 5.91 Å². The number of anilines is 1. The lowest BCUT2D eigenvalue weighted by molar-refractivity contribution is 0.102. The fourth-order valence-electron chi connectivity index (χ4n) is 1.42. The number of carbonyl (C=O) groups excluding carboxylic acids is 1. The average Bonchev–Trinajstić information content (AvgIpc) is 2.83. The van der Waals surface area contributed by atoms with Crippen molar-refractivity contribution in [3.63, 3.8) is 0 Å². The van der Waals surface area contributed by atoms with Crippen molar-refractivity contribution in [2.24, 2.45) is 5.73 Å². The van der Waals surface area contributed by atoms with Gasteiger partial charge in [0, 0.05) is 17.5 Å². The zero-order chi connectivity index (χ0) is 13.8. The van der Waals surface area contributed by atoms with Gasteiger partial charge >= 0.3 is 0 Å². The molecule has 0 saturated carbocycles. The molecule has 3 N–H and O–H groups in total. The molecule has 0 bridgehead atoms. The summed E-state index contributed by atoms with van der Waals surface area (Å²) in [6.07, 6.45) is 0.632. The number of amides is 1. The second-order valence-corrected chi connectivity index (χ2v) is 5.10. The number of halogens is 2. The number of nitrogens with one attached hydrogen (secondary N) is 1. The lowest BCUT2D eigenvalue weighted by Crippen LogP contribution is -2.13. The normalized spacial score (nSPS) is 10.5. The molecule has 4 nitrogen and oxygen atoms in total. The maximum atomic E-state index is 13.2. The van der Waals surface area contributed by atoms with Crippen LogP contribution in [-0.2, 0) is 6.42 Å². The Morgan fingerprint density at radius 1 is 1.53 bits per heavy atom. The summed E-state index contributed by atoms with van der Waals surface area (Å²) in [6.45, 7) is 0.483. The summed E-state index contributed by atoms with van der Waals surface area (Å²) in [6, 6.07) is 4.07. The molecule has 1 aromatic heterocycles. The molecular formula is C12H11ClFN3OS. The first kappa shape index (κ1) is 13.9. The lowest BCUT2D eigenvalue weighted by Gasteiger charge is -2.03. The molecule has 7 heteroatoms. The van der Waals surface area contributed by atoms with E-state index in [-0.39, 0.29) is 10.9 Å². The molecule has 1 heterocycles. The summed E-state index contributed by atoms with van der Waals surface area (Å²) < 4.78 is 13.2.